The lowest BCUT2D eigenvalue weighted by Gasteiger charge is -2.28. The van der Waals surface area contributed by atoms with Gasteiger partial charge in [0.15, 0.2) is 0 Å². The Bertz CT molecular complexity index is 654. The predicted octanol–water partition coefficient (Wildman–Crippen LogP) is 1.57. The second-order valence-electron chi connectivity index (χ2n) is 7.24. The Morgan fingerprint density at radius 1 is 1.14 bits per heavy atom. The largest absolute Gasteiger partial charge is 0.391 e. The number of rotatable bonds is 4. The molecule has 2 aliphatic rings. The van der Waals surface area contributed by atoms with Gasteiger partial charge in [0.2, 0.25) is 0 Å². The van der Waals surface area contributed by atoms with Crippen LogP contribution in [0.1, 0.15) is 32.3 Å². The topological polar surface area (TPSA) is 78.4 Å². The second kappa shape index (κ2) is 5.30. The van der Waals surface area contributed by atoms with Crippen molar-refractivity contribution in [2.24, 2.45) is 17.3 Å². The van der Waals surface area contributed by atoms with Crippen molar-refractivity contribution in [3.63, 3.8) is 0 Å². The number of hydrazine groups is 1. The quantitative estimate of drug-likeness (QED) is 0.735. The normalized spacial score (nSPS) is 33.3. The van der Waals surface area contributed by atoms with E-state index >= 15 is 0 Å². The molecule has 0 heterocycles. The first-order valence-electron chi connectivity index (χ1n) is 7.74. The average Bonchev–Trinajstić information content (AvgIpc) is 2.97. The minimum atomic E-state index is -3.60. The van der Waals surface area contributed by atoms with Gasteiger partial charge in [-0.3, -0.25) is 0 Å². The third-order valence-electron chi connectivity index (χ3n) is 5.47. The summed E-state index contributed by atoms with van der Waals surface area (Å²) in [5.74, 6) is 1.13. The number of aliphatic hydroxyl groups is 1. The molecule has 3 N–H and O–H groups in total. The van der Waals surface area contributed by atoms with Gasteiger partial charge >= 0.3 is 0 Å². The second-order valence-corrected chi connectivity index (χ2v) is 8.92. The summed E-state index contributed by atoms with van der Waals surface area (Å²) >= 11 is 0. The van der Waals surface area contributed by atoms with Gasteiger partial charge in [-0.15, -0.1) is 4.83 Å². The van der Waals surface area contributed by atoms with Gasteiger partial charge in [-0.05, 0) is 49.1 Å². The molecule has 0 bridgehead atoms. The lowest BCUT2D eigenvalue weighted by molar-refractivity contribution is 0.0836. The van der Waals surface area contributed by atoms with Crippen LogP contribution in [0.2, 0.25) is 0 Å². The lowest BCUT2D eigenvalue weighted by atomic mass is 9.93. The molecule has 22 heavy (non-hydrogen) atoms. The molecule has 2 saturated carbocycles. The van der Waals surface area contributed by atoms with Crippen LogP contribution in [0.15, 0.2) is 29.2 Å². The minimum Gasteiger partial charge on any atom is -0.391 e. The van der Waals surface area contributed by atoms with E-state index < -0.39 is 16.1 Å². The maximum absolute atomic E-state index is 12.3. The molecule has 0 aromatic heterocycles. The van der Waals surface area contributed by atoms with Gasteiger partial charge in [0.25, 0.3) is 10.0 Å². The molecule has 4 atom stereocenters. The number of hydrogen-bond donors (Lipinski definition) is 3. The smallest absolute Gasteiger partial charge is 0.253 e. The molecule has 2 aliphatic carbocycles. The van der Waals surface area contributed by atoms with Gasteiger partial charge in [0, 0.05) is 6.04 Å². The first-order chi connectivity index (χ1) is 10.2. The summed E-state index contributed by atoms with van der Waals surface area (Å²) in [5.41, 5.74) is 4.11. The van der Waals surface area contributed by atoms with Crippen LogP contribution in [0.3, 0.4) is 0 Å². The van der Waals surface area contributed by atoms with Crippen molar-refractivity contribution >= 4 is 10.0 Å². The maximum atomic E-state index is 12.3. The molecule has 0 aliphatic heterocycles. The third-order valence-corrected chi connectivity index (χ3v) is 6.74. The average molecular weight is 324 g/mol. The first-order valence-corrected chi connectivity index (χ1v) is 9.22. The van der Waals surface area contributed by atoms with Gasteiger partial charge in [-0.1, -0.05) is 31.5 Å². The van der Waals surface area contributed by atoms with Crippen LogP contribution in [0.4, 0.5) is 0 Å². The van der Waals surface area contributed by atoms with E-state index in [-0.39, 0.29) is 16.4 Å². The van der Waals surface area contributed by atoms with Crippen LogP contribution >= 0.6 is 0 Å². The van der Waals surface area contributed by atoms with Crippen molar-refractivity contribution in [2.75, 3.05) is 0 Å². The standard InChI is InChI=1S/C16H24N2O3S/c1-10-4-6-11(7-5-10)22(20,21)18-17-14-8-12-13(9-15(14)19)16(12,2)3/h4-7,12-15,17-19H,8-9H2,1-3H3/t12-,13+,14-,15-/m1/s1. The fourth-order valence-corrected chi connectivity index (χ4v) is 4.65. The Kier molecular flexibility index (Phi) is 3.84. The summed E-state index contributed by atoms with van der Waals surface area (Å²) < 4.78 is 24.5. The lowest BCUT2D eigenvalue weighted by Crippen LogP contribution is -2.51. The SMILES string of the molecule is Cc1ccc(S(=O)(=O)NN[C@@H]2C[C@@H]3[C@H](C[C@H]2O)C3(C)C)cc1. The molecule has 5 nitrogen and oxygen atoms in total. The van der Waals surface area contributed by atoms with Crippen LogP contribution in [-0.4, -0.2) is 25.7 Å². The van der Waals surface area contributed by atoms with Crippen LogP contribution < -0.4 is 10.3 Å². The highest BCUT2D eigenvalue weighted by Crippen LogP contribution is 2.64. The van der Waals surface area contributed by atoms with Gasteiger partial charge in [-0.2, -0.15) is 0 Å². The molecular formula is C16H24N2O3S. The van der Waals surface area contributed by atoms with Crippen molar-refractivity contribution in [2.45, 2.75) is 50.7 Å². The molecule has 0 radical (unpaired) electrons. The molecule has 0 unspecified atom stereocenters. The number of sulfonamides is 1. The van der Waals surface area contributed by atoms with Crippen LogP contribution in [-0.2, 0) is 10.0 Å². The molecule has 3 rings (SSSR count). The summed E-state index contributed by atoms with van der Waals surface area (Å²) in [6.07, 6.45) is 1.03. The van der Waals surface area contributed by atoms with E-state index in [0.717, 1.165) is 18.4 Å². The number of nitrogens with one attached hydrogen (secondary N) is 2. The zero-order valence-electron chi connectivity index (χ0n) is 13.2. The maximum Gasteiger partial charge on any atom is 0.253 e. The van der Waals surface area contributed by atoms with Gasteiger partial charge in [0.05, 0.1) is 11.0 Å². The fraction of sp³-hybridized carbons (Fsp3) is 0.625. The summed E-state index contributed by atoms with van der Waals surface area (Å²) in [6.45, 7) is 6.34. The Morgan fingerprint density at radius 3 is 2.36 bits per heavy atom. The first kappa shape index (κ1) is 15.9. The highest BCUT2D eigenvalue weighted by molar-refractivity contribution is 7.89. The van der Waals surface area contributed by atoms with Crippen molar-refractivity contribution in [3.05, 3.63) is 29.8 Å². The Balaban J connectivity index is 1.63. The Labute approximate surface area is 132 Å². The molecule has 122 valence electrons. The molecule has 0 amide bonds. The number of hydrogen-bond acceptors (Lipinski definition) is 4. The summed E-state index contributed by atoms with van der Waals surface area (Å²) in [5, 5.41) is 10.2. The molecule has 2 fully saturated rings. The molecule has 6 heteroatoms. The van der Waals surface area contributed by atoms with E-state index in [9.17, 15) is 13.5 Å². The van der Waals surface area contributed by atoms with Crippen molar-refractivity contribution in [3.8, 4) is 0 Å². The number of fused-ring (bicyclic) bond motifs is 1. The van der Waals surface area contributed by atoms with Crippen molar-refractivity contribution in [1.82, 2.24) is 10.3 Å². The summed E-state index contributed by atoms with van der Waals surface area (Å²) in [7, 11) is -3.60. The van der Waals surface area contributed by atoms with E-state index in [1.165, 1.54) is 0 Å². The van der Waals surface area contributed by atoms with Crippen LogP contribution in [0.25, 0.3) is 0 Å². The van der Waals surface area contributed by atoms with Gasteiger partial charge in [-0.25, -0.2) is 13.8 Å². The number of benzene rings is 1. The van der Waals surface area contributed by atoms with Gasteiger partial charge in [0.1, 0.15) is 0 Å². The third kappa shape index (κ3) is 2.80. The monoisotopic (exact) mass is 324 g/mol. The minimum absolute atomic E-state index is 0.223. The number of aliphatic hydroxyl groups excluding tert-OH is 1. The fourth-order valence-electron chi connectivity index (χ4n) is 3.73. The highest BCUT2D eigenvalue weighted by Gasteiger charge is 2.61. The molecule has 1 aromatic rings. The Hall–Kier alpha value is -0.950. The van der Waals surface area contributed by atoms with Crippen molar-refractivity contribution in [1.29, 1.82) is 0 Å². The molecule has 1 aromatic carbocycles. The zero-order valence-corrected chi connectivity index (χ0v) is 14.0. The van der Waals surface area contributed by atoms with E-state index in [2.05, 4.69) is 24.1 Å². The number of aryl methyl sites for hydroxylation is 1. The van der Waals surface area contributed by atoms with Crippen molar-refractivity contribution < 1.29 is 13.5 Å². The van der Waals surface area contributed by atoms with Crippen LogP contribution in [0, 0.1) is 24.2 Å². The predicted molar refractivity (Wildman–Crippen MR) is 84.4 cm³/mol. The molecule has 0 saturated heterocycles. The van der Waals surface area contributed by atoms with Gasteiger partial charge < -0.3 is 5.11 Å². The molecule has 0 spiro atoms. The highest BCUT2D eigenvalue weighted by atomic mass is 32.2. The van der Waals surface area contributed by atoms with E-state index in [1.807, 2.05) is 6.92 Å². The Morgan fingerprint density at radius 2 is 1.73 bits per heavy atom. The summed E-state index contributed by atoms with van der Waals surface area (Å²) in [4.78, 5) is 2.65. The zero-order chi connectivity index (χ0) is 16.1. The van der Waals surface area contributed by atoms with Crippen LogP contribution in [0.5, 0.6) is 0 Å². The summed E-state index contributed by atoms with van der Waals surface area (Å²) in [6, 6.07) is 6.46. The van der Waals surface area contributed by atoms with E-state index in [4.69, 9.17) is 0 Å². The van der Waals surface area contributed by atoms with E-state index in [1.54, 1.807) is 24.3 Å². The molecular weight excluding hydrogens is 300 g/mol. The van der Waals surface area contributed by atoms with E-state index in [0.29, 0.717) is 11.8 Å².